The number of aromatic nitrogens is 3. The Morgan fingerprint density at radius 1 is 1.18 bits per heavy atom. The number of benzene rings is 2. The molecule has 198 valence electrons. The third-order valence-electron chi connectivity index (χ3n) is 6.08. The molecule has 0 saturated carbocycles. The van der Waals surface area contributed by atoms with Crippen LogP contribution in [-0.4, -0.2) is 71.6 Å². The van der Waals surface area contributed by atoms with Crippen LogP contribution in [-0.2, 0) is 11.3 Å². The smallest absolute Gasteiger partial charge is 0.294 e. The van der Waals surface area contributed by atoms with Gasteiger partial charge in [-0.3, -0.25) is 14.9 Å². The number of nitro benzene ring substituents is 1. The Labute approximate surface area is 219 Å². The predicted molar refractivity (Wildman–Crippen MR) is 147 cm³/mol. The topological polar surface area (TPSA) is 145 Å². The third-order valence-corrected chi connectivity index (χ3v) is 6.08. The van der Waals surface area contributed by atoms with E-state index >= 15 is 0 Å². The lowest BCUT2D eigenvalue weighted by molar-refractivity contribution is -0.384. The van der Waals surface area contributed by atoms with Crippen LogP contribution in [0.25, 0.3) is 22.2 Å². The molecule has 3 N–H and O–H groups in total. The fourth-order valence-corrected chi connectivity index (χ4v) is 4.19. The van der Waals surface area contributed by atoms with Gasteiger partial charge in [0, 0.05) is 61.1 Å². The normalized spacial score (nSPS) is 11.1. The van der Waals surface area contributed by atoms with Gasteiger partial charge in [0.1, 0.15) is 18.0 Å². The van der Waals surface area contributed by atoms with Crippen LogP contribution in [0.1, 0.15) is 0 Å². The van der Waals surface area contributed by atoms with Crippen LogP contribution in [0.2, 0.25) is 0 Å². The molecule has 0 fully saturated rings. The summed E-state index contributed by atoms with van der Waals surface area (Å²) in [7, 11) is 7.19. The molecule has 0 atom stereocenters. The van der Waals surface area contributed by atoms with Gasteiger partial charge in [-0.05, 0) is 26.2 Å². The zero-order chi connectivity index (χ0) is 27.4. The van der Waals surface area contributed by atoms with Gasteiger partial charge in [0.05, 0.1) is 23.4 Å². The average Bonchev–Trinajstić information content (AvgIpc) is 3.25. The average molecular weight is 519 g/mol. The zero-order valence-electron chi connectivity index (χ0n) is 21.7. The molecule has 0 aliphatic carbocycles. The van der Waals surface area contributed by atoms with Crippen LogP contribution >= 0.6 is 0 Å². The van der Waals surface area contributed by atoms with E-state index in [0.717, 1.165) is 23.0 Å². The molecule has 12 heteroatoms. The lowest BCUT2D eigenvalue weighted by Gasteiger charge is -2.22. The number of nitrogens with two attached hydrogens (primary N) is 1. The van der Waals surface area contributed by atoms with Crippen LogP contribution in [0.5, 0.6) is 5.75 Å². The van der Waals surface area contributed by atoms with Gasteiger partial charge in [-0.2, -0.15) is 0 Å². The number of hydrogen-bond donors (Lipinski definition) is 2. The van der Waals surface area contributed by atoms with Gasteiger partial charge in [-0.25, -0.2) is 9.97 Å². The molecule has 0 bridgehead atoms. The molecular weight excluding hydrogens is 488 g/mol. The Morgan fingerprint density at radius 3 is 2.63 bits per heavy atom. The summed E-state index contributed by atoms with van der Waals surface area (Å²) in [5.41, 5.74) is 8.41. The first-order valence-corrected chi connectivity index (χ1v) is 11.9. The summed E-state index contributed by atoms with van der Waals surface area (Å²) < 4.78 is 7.33. The minimum Gasteiger partial charge on any atom is -0.494 e. The molecular formula is C26H30N8O4. The highest BCUT2D eigenvalue weighted by atomic mass is 16.6. The highest BCUT2D eigenvalue weighted by molar-refractivity contribution is 5.96. The number of fused-ring (bicyclic) bond motifs is 1. The van der Waals surface area contributed by atoms with Crippen LogP contribution in [0.3, 0.4) is 0 Å². The SMILES string of the molecule is COc1cc(N(C)CCN(C)C)c([N+](=O)[O-])cc1Nc1nccc(-c2cn(CC(N)=O)c3ccccc23)n1. The number of primary amides is 1. The second-order valence-corrected chi connectivity index (χ2v) is 9.07. The van der Waals surface area contributed by atoms with Crippen molar-refractivity contribution in [2.45, 2.75) is 6.54 Å². The van der Waals surface area contributed by atoms with Crippen molar-refractivity contribution in [1.82, 2.24) is 19.4 Å². The van der Waals surface area contributed by atoms with Crippen molar-refractivity contribution in [3.8, 4) is 17.0 Å². The Hall–Kier alpha value is -4.71. The number of amides is 1. The number of nitro groups is 1. The van der Waals surface area contributed by atoms with Crippen molar-refractivity contribution < 1.29 is 14.5 Å². The lowest BCUT2D eigenvalue weighted by atomic mass is 10.1. The largest absolute Gasteiger partial charge is 0.494 e. The number of nitrogens with one attached hydrogen (secondary N) is 1. The van der Waals surface area contributed by atoms with Gasteiger partial charge in [0.15, 0.2) is 0 Å². The van der Waals surface area contributed by atoms with Crippen molar-refractivity contribution in [2.24, 2.45) is 5.73 Å². The van der Waals surface area contributed by atoms with E-state index in [1.807, 2.05) is 54.4 Å². The van der Waals surface area contributed by atoms with Crippen LogP contribution in [0.15, 0.2) is 54.9 Å². The Bertz CT molecular complexity index is 1480. The molecule has 4 aromatic rings. The maximum absolute atomic E-state index is 11.9. The second-order valence-electron chi connectivity index (χ2n) is 9.07. The maximum atomic E-state index is 11.9. The van der Waals surface area contributed by atoms with Gasteiger partial charge in [0.2, 0.25) is 11.9 Å². The van der Waals surface area contributed by atoms with Crippen molar-refractivity contribution >= 4 is 39.8 Å². The summed E-state index contributed by atoms with van der Waals surface area (Å²) in [5, 5.41) is 15.9. The number of methoxy groups -OCH3 is 1. The maximum Gasteiger partial charge on any atom is 0.294 e. The summed E-state index contributed by atoms with van der Waals surface area (Å²) in [5.74, 6) is 0.191. The van der Waals surface area contributed by atoms with Gasteiger partial charge in [0.25, 0.3) is 5.69 Å². The van der Waals surface area contributed by atoms with E-state index in [0.29, 0.717) is 29.4 Å². The number of hydrogen-bond acceptors (Lipinski definition) is 9. The zero-order valence-corrected chi connectivity index (χ0v) is 21.7. The van der Waals surface area contributed by atoms with E-state index in [1.54, 1.807) is 29.9 Å². The summed E-state index contributed by atoms with van der Waals surface area (Å²) in [6.07, 6.45) is 3.42. The minimum absolute atomic E-state index is 0.0346. The van der Waals surface area contributed by atoms with E-state index < -0.39 is 10.8 Å². The standard InChI is InChI=1S/C26H30N8O4/c1-31(2)11-12-32(3)22-14-24(38-4)20(13-23(22)34(36)37)30-26-28-10-9-19(29-26)18-15-33(16-25(27)35)21-8-6-5-7-17(18)21/h5-10,13-15H,11-12,16H2,1-4H3,(H2,27,35)(H,28,29,30). The summed E-state index contributed by atoms with van der Waals surface area (Å²) in [6.45, 7) is 1.36. The lowest BCUT2D eigenvalue weighted by Crippen LogP contribution is -2.28. The number of para-hydroxylation sites is 1. The molecule has 0 aliphatic heterocycles. The third kappa shape index (κ3) is 5.65. The van der Waals surface area contributed by atoms with Crippen LogP contribution in [0, 0.1) is 10.1 Å². The Kier molecular flexibility index (Phi) is 7.72. The van der Waals surface area contributed by atoms with E-state index in [1.165, 1.54) is 13.2 Å². The second kappa shape index (κ2) is 11.1. The van der Waals surface area contributed by atoms with E-state index in [4.69, 9.17) is 10.5 Å². The molecule has 0 saturated heterocycles. The number of likely N-dealkylation sites (N-methyl/N-ethyl adjacent to an activating group) is 2. The number of ether oxygens (including phenoxy) is 1. The number of nitrogens with zero attached hydrogens (tertiary/aromatic N) is 6. The highest BCUT2D eigenvalue weighted by Crippen LogP contribution is 2.39. The van der Waals surface area contributed by atoms with Crippen LogP contribution < -0.4 is 20.7 Å². The molecule has 0 spiro atoms. The van der Waals surface area contributed by atoms with E-state index in [9.17, 15) is 14.9 Å². The van der Waals surface area contributed by atoms with Gasteiger partial charge in [-0.15, -0.1) is 0 Å². The summed E-state index contributed by atoms with van der Waals surface area (Å²) in [6, 6.07) is 12.5. The fraction of sp³-hybridized carbons (Fsp3) is 0.269. The molecule has 0 radical (unpaired) electrons. The van der Waals surface area contributed by atoms with Crippen molar-refractivity contribution in [2.75, 3.05) is 51.6 Å². The molecule has 38 heavy (non-hydrogen) atoms. The molecule has 4 rings (SSSR count). The van der Waals surface area contributed by atoms with Gasteiger partial charge in [-0.1, -0.05) is 18.2 Å². The van der Waals surface area contributed by atoms with E-state index in [2.05, 4.69) is 15.3 Å². The highest BCUT2D eigenvalue weighted by Gasteiger charge is 2.22. The quantitative estimate of drug-likeness (QED) is 0.226. The monoisotopic (exact) mass is 518 g/mol. The summed E-state index contributed by atoms with van der Waals surface area (Å²) >= 11 is 0. The predicted octanol–water partition coefficient (Wildman–Crippen LogP) is 3.24. The number of rotatable bonds is 11. The minimum atomic E-state index is -0.452. The number of anilines is 3. The number of carbonyl (C=O) groups is 1. The molecule has 2 aromatic carbocycles. The first-order chi connectivity index (χ1) is 18.2. The molecule has 2 heterocycles. The number of carbonyl (C=O) groups excluding carboxylic acids is 1. The molecule has 12 nitrogen and oxygen atoms in total. The molecule has 0 aliphatic rings. The Balaban J connectivity index is 1.71. The fourth-order valence-electron chi connectivity index (χ4n) is 4.19. The molecule has 1 amide bonds. The first-order valence-electron chi connectivity index (χ1n) is 11.9. The van der Waals surface area contributed by atoms with Gasteiger partial charge < -0.3 is 30.2 Å². The molecule has 0 unspecified atom stereocenters. The van der Waals surface area contributed by atoms with Crippen LogP contribution in [0.4, 0.5) is 23.0 Å². The van der Waals surface area contributed by atoms with Crippen molar-refractivity contribution in [1.29, 1.82) is 0 Å². The van der Waals surface area contributed by atoms with Crippen molar-refractivity contribution in [3.63, 3.8) is 0 Å². The first kappa shape index (κ1) is 26.4. The summed E-state index contributed by atoms with van der Waals surface area (Å²) in [4.78, 5) is 35.9. The Morgan fingerprint density at radius 2 is 1.95 bits per heavy atom. The van der Waals surface area contributed by atoms with Gasteiger partial charge >= 0.3 is 0 Å². The van der Waals surface area contributed by atoms with Crippen molar-refractivity contribution in [3.05, 3.63) is 65.0 Å². The van der Waals surface area contributed by atoms with E-state index in [-0.39, 0.29) is 18.2 Å². The molecule has 2 aromatic heterocycles.